The van der Waals surface area contributed by atoms with Crippen LogP contribution in [0.4, 0.5) is 14.9 Å². The summed E-state index contributed by atoms with van der Waals surface area (Å²) in [4.78, 5) is 23.2. The minimum absolute atomic E-state index is 0.00346. The van der Waals surface area contributed by atoms with E-state index in [1.165, 1.54) is 4.90 Å². The maximum absolute atomic E-state index is 13.8. The van der Waals surface area contributed by atoms with Crippen LogP contribution < -0.4 is 4.74 Å². The van der Waals surface area contributed by atoms with Crippen LogP contribution in [-0.4, -0.2) is 51.9 Å². The van der Waals surface area contributed by atoms with Crippen molar-refractivity contribution in [1.29, 1.82) is 0 Å². The molecule has 2 rings (SSSR count). The van der Waals surface area contributed by atoms with Gasteiger partial charge < -0.3 is 19.5 Å². The number of hydrogen-bond acceptors (Lipinski definition) is 6. The molecule has 1 aliphatic rings. The number of carbonyl (C=O) groups excluding carboxylic acids is 1. The van der Waals surface area contributed by atoms with Crippen LogP contribution in [-0.2, 0) is 4.74 Å². The molecule has 8 nitrogen and oxygen atoms in total. The molecule has 25 heavy (non-hydrogen) atoms. The Morgan fingerprint density at radius 1 is 1.48 bits per heavy atom. The van der Waals surface area contributed by atoms with E-state index in [-0.39, 0.29) is 37.6 Å². The second kappa shape index (κ2) is 6.83. The summed E-state index contributed by atoms with van der Waals surface area (Å²) in [6.45, 7) is 5.27. The van der Waals surface area contributed by atoms with Crippen LogP contribution in [0.1, 0.15) is 27.2 Å². The van der Waals surface area contributed by atoms with Crippen LogP contribution in [0, 0.1) is 15.9 Å². The van der Waals surface area contributed by atoms with Crippen molar-refractivity contribution in [2.75, 3.05) is 19.7 Å². The lowest BCUT2D eigenvalue weighted by molar-refractivity contribution is -0.385. The predicted molar refractivity (Wildman–Crippen MR) is 85.9 cm³/mol. The highest BCUT2D eigenvalue weighted by molar-refractivity contribution is 5.68. The molecule has 0 bridgehead atoms. The van der Waals surface area contributed by atoms with Gasteiger partial charge in [0.1, 0.15) is 17.8 Å². The fourth-order valence-electron chi connectivity index (χ4n) is 2.39. The largest absolute Gasteiger partial charge is 0.487 e. The third kappa shape index (κ3) is 5.02. The molecule has 0 unspecified atom stereocenters. The summed E-state index contributed by atoms with van der Waals surface area (Å²) in [5.74, 6) is -1.09. The third-order valence-corrected chi connectivity index (χ3v) is 3.61. The molecule has 1 aromatic rings. The molecule has 1 amide bonds. The lowest BCUT2D eigenvalue weighted by Crippen LogP contribution is -2.42. The quantitative estimate of drug-likeness (QED) is 0.657. The number of benzene rings is 1. The fourth-order valence-corrected chi connectivity index (χ4v) is 2.39. The molecule has 1 atom stereocenters. The van der Waals surface area contributed by atoms with Crippen LogP contribution in [0.2, 0.25) is 0 Å². The third-order valence-electron chi connectivity index (χ3n) is 3.61. The minimum Gasteiger partial charge on any atom is -0.487 e. The molecule has 0 saturated carbocycles. The zero-order valence-electron chi connectivity index (χ0n) is 14.3. The standard InChI is InChI=1S/C16H21FN2O6/c1-15(2,3)25-14(20)18-7-6-16(21,9-18)10-24-13-5-4-11(19(22)23)8-12(13)17/h4-5,8,21H,6-7,9-10H2,1-3H3/t16-/m1/s1. The summed E-state index contributed by atoms with van der Waals surface area (Å²) < 4.78 is 24.3. The molecule has 138 valence electrons. The van der Waals surface area contributed by atoms with Crippen molar-refractivity contribution >= 4 is 11.8 Å². The molecular formula is C16H21FN2O6. The number of ether oxygens (including phenoxy) is 2. The predicted octanol–water partition coefficient (Wildman–Crippen LogP) is 2.48. The van der Waals surface area contributed by atoms with E-state index in [1.54, 1.807) is 20.8 Å². The first kappa shape index (κ1) is 18.9. The SMILES string of the molecule is CC(C)(C)OC(=O)N1CC[C@](O)(COc2ccc([N+](=O)[O-])cc2F)C1. The van der Waals surface area contributed by atoms with Gasteiger partial charge in [0.25, 0.3) is 5.69 Å². The highest BCUT2D eigenvalue weighted by Crippen LogP contribution is 2.27. The zero-order valence-corrected chi connectivity index (χ0v) is 14.3. The van der Waals surface area contributed by atoms with Crippen molar-refractivity contribution in [2.45, 2.75) is 38.4 Å². The van der Waals surface area contributed by atoms with Gasteiger partial charge in [0, 0.05) is 12.6 Å². The van der Waals surface area contributed by atoms with Gasteiger partial charge in [0.2, 0.25) is 0 Å². The van der Waals surface area contributed by atoms with E-state index < -0.39 is 28.0 Å². The van der Waals surface area contributed by atoms with Crippen LogP contribution in [0.25, 0.3) is 0 Å². The van der Waals surface area contributed by atoms with Crippen LogP contribution >= 0.6 is 0 Å². The summed E-state index contributed by atoms with van der Waals surface area (Å²) in [6.07, 6.45) is -0.286. The number of aliphatic hydroxyl groups is 1. The van der Waals surface area contributed by atoms with E-state index in [1.807, 2.05) is 0 Å². The molecule has 1 saturated heterocycles. The second-order valence-corrected chi connectivity index (χ2v) is 7.04. The molecular weight excluding hydrogens is 335 g/mol. The van der Waals surface area contributed by atoms with Crippen LogP contribution in [0.15, 0.2) is 18.2 Å². The van der Waals surface area contributed by atoms with Gasteiger partial charge in [-0.3, -0.25) is 10.1 Å². The van der Waals surface area contributed by atoms with Crippen LogP contribution in [0.3, 0.4) is 0 Å². The zero-order chi connectivity index (χ0) is 18.8. The maximum Gasteiger partial charge on any atom is 0.410 e. The van der Waals surface area contributed by atoms with Crippen molar-refractivity contribution in [2.24, 2.45) is 0 Å². The molecule has 0 spiro atoms. The number of likely N-dealkylation sites (tertiary alicyclic amines) is 1. The van der Waals surface area contributed by atoms with Gasteiger partial charge in [-0.25, -0.2) is 9.18 Å². The molecule has 1 fully saturated rings. The number of amides is 1. The molecule has 0 aliphatic carbocycles. The Bertz CT molecular complexity index is 675. The lowest BCUT2D eigenvalue weighted by Gasteiger charge is -2.26. The number of nitro benzene ring substituents is 1. The second-order valence-electron chi connectivity index (χ2n) is 7.04. The summed E-state index contributed by atoms with van der Waals surface area (Å²) in [7, 11) is 0. The maximum atomic E-state index is 13.8. The van der Waals surface area contributed by atoms with Gasteiger partial charge in [-0.15, -0.1) is 0 Å². The number of β-amino-alcohol motifs (C(OH)–C–C–N with tert-alkyl or cyclic N) is 1. The van der Waals surface area contributed by atoms with E-state index in [9.17, 15) is 24.4 Å². The van der Waals surface area contributed by atoms with Gasteiger partial charge in [0.05, 0.1) is 17.5 Å². The van der Waals surface area contributed by atoms with Crippen molar-refractivity contribution in [3.05, 3.63) is 34.1 Å². The van der Waals surface area contributed by atoms with Gasteiger partial charge in [0.15, 0.2) is 11.6 Å². The van der Waals surface area contributed by atoms with Gasteiger partial charge in [-0.2, -0.15) is 0 Å². The Balaban J connectivity index is 1.95. The molecule has 1 aliphatic heterocycles. The molecule has 9 heteroatoms. The Kier molecular flexibility index (Phi) is 5.17. The van der Waals surface area contributed by atoms with E-state index >= 15 is 0 Å². The van der Waals surface area contributed by atoms with Gasteiger partial charge in [-0.05, 0) is 33.3 Å². The van der Waals surface area contributed by atoms with E-state index in [2.05, 4.69) is 0 Å². The van der Waals surface area contributed by atoms with E-state index in [0.717, 1.165) is 18.2 Å². The molecule has 0 aromatic heterocycles. The van der Waals surface area contributed by atoms with E-state index in [0.29, 0.717) is 0 Å². The minimum atomic E-state index is -1.34. The number of halogens is 1. The normalized spacial score (nSPS) is 20.4. The lowest BCUT2D eigenvalue weighted by atomic mass is 10.1. The van der Waals surface area contributed by atoms with Gasteiger partial charge >= 0.3 is 6.09 Å². The Hall–Kier alpha value is -2.42. The molecule has 0 radical (unpaired) electrons. The average Bonchev–Trinajstić information content (AvgIpc) is 2.87. The van der Waals surface area contributed by atoms with Crippen molar-refractivity contribution in [3.63, 3.8) is 0 Å². The molecule has 1 N–H and O–H groups in total. The Morgan fingerprint density at radius 2 is 2.16 bits per heavy atom. The number of non-ortho nitro benzene ring substituents is 1. The summed E-state index contributed by atoms with van der Waals surface area (Å²) >= 11 is 0. The van der Waals surface area contributed by atoms with Gasteiger partial charge in [-0.1, -0.05) is 0 Å². The Morgan fingerprint density at radius 3 is 2.72 bits per heavy atom. The van der Waals surface area contributed by atoms with Crippen molar-refractivity contribution in [1.82, 2.24) is 4.90 Å². The topological polar surface area (TPSA) is 102 Å². The van der Waals surface area contributed by atoms with Crippen molar-refractivity contribution < 1.29 is 28.7 Å². The first-order valence-electron chi connectivity index (χ1n) is 7.76. The Labute approximate surface area is 144 Å². The number of carbonyl (C=O) groups is 1. The first-order valence-corrected chi connectivity index (χ1v) is 7.76. The summed E-state index contributed by atoms with van der Waals surface area (Å²) in [6, 6.07) is 3.00. The summed E-state index contributed by atoms with van der Waals surface area (Å²) in [5.41, 5.74) is -2.37. The molecule has 1 aromatic carbocycles. The molecule has 1 heterocycles. The number of rotatable bonds is 4. The highest BCUT2D eigenvalue weighted by atomic mass is 19.1. The fraction of sp³-hybridized carbons (Fsp3) is 0.562. The number of nitrogens with zero attached hydrogens (tertiary/aromatic N) is 2. The monoisotopic (exact) mass is 356 g/mol. The van der Waals surface area contributed by atoms with Crippen LogP contribution in [0.5, 0.6) is 5.75 Å². The number of hydrogen-bond donors (Lipinski definition) is 1. The average molecular weight is 356 g/mol. The first-order chi connectivity index (χ1) is 11.5. The number of nitro groups is 1. The van der Waals surface area contributed by atoms with E-state index in [4.69, 9.17) is 9.47 Å². The summed E-state index contributed by atoms with van der Waals surface area (Å²) in [5, 5.41) is 21.1. The smallest absolute Gasteiger partial charge is 0.410 e. The highest BCUT2D eigenvalue weighted by Gasteiger charge is 2.40. The van der Waals surface area contributed by atoms with Crippen molar-refractivity contribution in [3.8, 4) is 5.75 Å².